The van der Waals surface area contributed by atoms with Crippen LogP contribution in [0.15, 0.2) is 70.7 Å². The second kappa shape index (κ2) is 47.0. The summed E-state index contributed by atoms with van der Waals surface area (Å²) in [4.78, 5) is 10.4. The quantitative estimate of drug-likeness (QED) is 0.0467. The van der Waals surface area contributed by atoms with Crippen molar-refractivity contribution in [1.29, 1.82) is 0 Å². The van der Waals surface area contributed by atoms with Crippen molar-refractivity contribution in [3.8, 4) is 0 Å². The lowest BCUT2D eigenvalue weighted by Gasteiger charge is -2.10. The third-order valence-corrected chi connectivity index (χ3v) is 14.1. The molecule has 2 nitrogen and oxygen atoms in total. The van der Waals surface area contributed by atoms with E-state index >= 15 is 0 Å². The van der Waals surface area contributed by atoms with Gasteiger partial charge < -0.3 is 0 Å². The van der Waals surface area contributed by atoms with Crippen LogP contribution in [0.4, 0.5) is 11.4 Å². The van der Waals surface area contributed by atoms with Crippen LogP contribution in [0.5, 0.6) is 0 Å². The molecule has 380 valence electrons. The van der Waals surface area contributed by atoms with Crippen molar-refractivity contribution in [3.63, 3.8) is 0 Å². The molecular formula is C65H110N2. The average molecular weight is 920 g/mol. The number of rotatable bonds is 48. The minimum Gasteiger partial charge on any atom is -0.252 e. The monoisotopic (exact) mass is 919 g/mol. The summed E-state index contributed by atoms with van der Waals surface area (Å²) in [5.74, 6) is 0. The van der Waals surface area contributed by atoms with Crippen molar-refractivity contribution in [2.45, 2.75) is 304 Å². The molecule has 67 heavy (non-hydrogen) atoms. The first kappa shape index (κ1) is 60.4. The van der Waals surface area contributed by atoms with Crippen molar-refractivity contribution in [2.75, 3.05) is 0 Å². The zero-order valence-electron chi connectivity index (χ0n) is 45.2. The van der Waals surface area contributed by atoms with E-state index in [-0.39, 0.29) is 0 Å². The van der Waals surface area contributed by atoms with Gasteiger partial charge in [-0.1, -0.05) is 307 Å². The Morgan fingerprint density at radius 2 is 0.552 bits per heavy atom. The molecule has 0 spiro atoms. The maximum absolute atomic E-state index is 5.21. The van der Waals surface area contributed by atoms with Crippen molar-refractivity contribution in [1.82, 2.24) is 0 Å². The van der Waals surface area contributed by atoms with E-state index in [2.05, 4.69) is 101 Å². The molecule has 0 aliphatic heterocycles. The van der Waals surface area contributed by atoms with Crippen LogP contribution in [0.2, 0.25) is 0 Å². The van der Waals surface area contributed by atoms with E-state index in [0.29, 0.717) is 0 Å². The Labute approximate surface area is 418 Å². The van der Waals surface area contributed by atoms with E-state index in [1.165, 1.54) is 268 Å². The molecule has 0 saturated heterocycles. The van der Waals surface area contributed by atoms with E-state index < -0.39 is 0 Å². The topological polar surface area (TPSA) is 24.7 Å². The van der Waals surface area contributed by atoms with Crippen molar-refractivity contribution in [2.24, 2.45) is 9.98 Å². The normalized spacial score (nSPS) is 12.4. The predicted octanol–water partition coefficient (Wildman–Crippen LogP) is 23.4. The minimum absolute atomic E-state index is 0.881. The molecule has 0 amide bonds. The van der Waals surface area contributed by atoms with Crippen molar-refractivity contribution < 1.29 is 0 Å². The fourth-order valence-electron chi connectivity index (χ4n) is 9.55. The van der Waals surface area contributed by atoms with Gasteiger partial charge in [0.1, 0.15) is 0 Å². The third kappa shape index (κ3) is 36.9. The van der Waals surface area contributed by atoms with Crippen LogP contribution in [0.1, 0.15) is 315 Å². The van der Waals surface area contributed by atoms with Gasteiger partial charge in [-0.25, -0.2) is 0 Å². The SMILES string of the molecule is CCCCCCCCCCCCCCCCCCCCC=Cc1ccc(N=C(CC)C(CCCCC)=Nc2ccc(C=CCCCCCCCCCCCCCCCCCCCC)cc2)cc1. The summed E-state index contributed by atoms with van der Waals surface area (Å²) in [6.45, 7) is 9.11. The van der Waals surface area contributed by atoms with Crippen molar-refractivity contribution in [3.05, 3.63) is 71.8 Å². The number of nitrogens with zero attached hydrogens (tertiary/aromatic N) is 2. The highest BCUT2D eigenvalue weighted by Gasteiger charge is 2.09. The standard InChI is InChI=1S/C65H110N2/c1-5-9-12-14-16-18-20-22-24-26-28-30-32-34-36-38-40-42-44-47-49-60-52-56-62(57-53-60)66-64(8-4)65(51-46-11-7-3)67-63-58-54-61(55-59-63)50-48-45-43-41-39-37-35-33-31-29-27-25-23-21-19-17-15-13-10-6-2/h47-50,52-59H,5-46,51H2,1-4H3. The summed E-state index contributed by atoms with van der Waals surface area (Å²) in [7, 11) is 0. The van der Waals surface area contributed by atoms with Gasteiger partial charge in [0.05, 0.1) is 22.8 Å². The van der Waals surface area contributed by atoms with Gasteiger partial charge in [-0.15, -0.1) is 0 Å². The van der Waals surface area contributed by atoms with Gasteiger partial charge in [0.15, 0.2) is 0 Å². The van der Waals surface area contributed by atoms with Gasteiger partial charge in [0.25, 0.3) is 0 Å². The molecule has 0 heterocycles. The van der Waals surface area contributed by atoms with Crippen LogP contribution in [0, 0.1) is 0 Å². The fourth-order valence-corrected chi connectivity index (χ4v) is 9.55. The Hall–Kier alpha value is -2.74. The van der Waals surface area contributed by atoms with Crippen molar-refractivity contribution >= 4 is 35.0 Å². The fraction of sp³-hybridized carbons (Fsp3) is 0.723. The van der Waals surface area contributed by atoms with E-state index in [0.717, 1.165) is 42.1 Å². The Morgan fingerprint density at radius 1 is 0.299 bits per heavy atom. The zero-order valence-corrected chi connectivity index (χ0v) is 45.2. The first-order valence-corrected chi connectivity index (χ1v) is 29.9. The highest BCUT2D eigenvalue weighted by Crippen LogP contribution is 2.22. The number of aliphatic imine (C=N–C) groups is 2. The maximum atomic E-state index is 5.21. The molecule has 0 atom stereocenters. The smallest absolute Gasteiger partial charge is 0.0634 e. The molecule has 0 saturated carbocycles. The van der Waals surface area contributed by atoms with Gasteiger partial charge in [-0.05, 0) is 80.3 Å². The summed E-state index contributed by atoms with van der Waals surface area (Å²) >= 11 is 0. The molecule has 0 radical (unpaired) electrons. The number of hydrogen-bond donors (Lipinski definition) is 0. The number of benzene rings is 2. The Morgan fingerprint density at radius 3 is 0.836 bits per heavy atom. The van der Waals surface area contributed by atoms with E-state index in [1.54, 1.807) is 0 Å². The van der Waals surface area contributed by atoms with Gasteiger partial charge in [0, 0.05) is 0 Å². The molecule has 2 aromatic carbocycles. The van der Waals surface area contributed by atoms with Crippen LogP contribution in [0.3, 0.4) is 0 Å². The molecule has 2 rings (SSSR count). The lowest BCUT2D eigenvalue weighted by Crippen LogP contribution is -2.13. The first-order valence-electron chi connectivity index (χ1n) is 29.9. The van der Waals surface area contributed by atoms with Crippen LogP contribution in [0.25, 0.3) is 12.2 Å². The third-order valence-electron chi connectivity index (χ3n) is 14.1. The first-order chi connectivity index (χ1) is 33.2. The number of hydrogen-bond acceptors (Lipinski definition) is 2. The lowest BCUT2D eigenvalue weighted by atomic mass is 10.0. The highest BCUT2D eigenvalue weighted by atomic mass is 14.8. The molecule has 0 fully saturated rings. The Kier molecular flexibility index (Phi) is 42.3. The van der Waals surface area contributed by atoms with Gasteiger partial charge in [0.2, 0.25) is 0 Å². The Bertz CT molecular complexity index is 1460. The van der Waals surface area contributed by atoms with E-state index in [1.807, 2.05) is 0 Å². The number of unbranched alkanes of at least 4 members (excludes halogenated alkanes) is 38. The zero-order chi connectivity index (χ0) is 47.8. The maximum Gasteiger partial charge on any atom is 0.0634 e. The summed E-state index contributed by atoms with van der Waals surface area (Å²) in [6.07, 6.45) is 68.6. The molecule has 0 N–H and O–H groups in total. The minimum atomic E-state index is 0.881. The van der Waals surface area contributed by atoms with E-state index in [9.17, 15) is 0 Å². The molecule has 0 bridgehead atoms. The van der Waals surface area contributed by atoms with Gasteiger partial charge in [-0.3, -0.25) is 9.98 Å². The molecule has 2 aromatic rings. The van der Waals surface area contributed by atoms with Crippen LogP contribution in [-0.2, 0) is 0 Å². The molecular weight excluding hydrogens is 809 g/mol. The largest absolute Gasteiger partial charge is 0.252 e. The van der Waals surface area contributed by atoms with Gasteiger partial charge in [-0.2, -0.15) is 0 Å². The molecule has 0 unspecified atom stereocenters. The highest BCUT2D eigenvalue weighted by molar-refractivity contribution is 6.43. The summed E-state index contributed by atoms with van der Waals surface area (Å²) in [5, 5.41) is 0. The predicted molar refractivity (Wildman–Crippen MR) is 306 cm³/mol. The average Bonchev–Trinajstić information content (AvgIpc) is 3.35. The summed E-state index contributed by atoms with van der Waals surface area (Å²) in [5.41, 5.74) is 6.84. The second-order valence-corrected chi connectivity index (χ2v) is 20.5. The van der Waals surface area contributed by atoms with Crippen LogP contribution >= 0.6 is 0 Å². The van der Waals surface area contributed by atoms with Gasteiger partial charge >= 0.3 is 0 Å². The molecule has 2 heteroatoms. The lowest BCUT2D eigenvalue weighted by molar-refractivity contribution is 0.525. The number of allylic oxidation sites excluding steroid dienone is 2. The summed E-state index contributed by atoms with van der Waals surface area (Å²) in [6, 6.07) is 17.6. The van der Waals surface area contributed by atoms with Crippen LogP contribution < -0.4 is 0 Å². The molecule has 0 aliphatic carbocycles. The summed E-state index contributed by atoms with van der Waals surface area (Å²) < 4.78 is 0. The second-order valence-electron chi connectivity index (χ2n) is 20.5. The van der Waals surface area contributed by atoms with Crippen LogP contribution in [-0.4, -0.2) is 11.4 Å². The van der Waals surface area contributed by atoms with E-state index in [4.69, 9.17) is 9.98 Å². The Balaban J connectivity index is 1.62. The molecule has 0 aromatic heterocycles. The molecule has 0 aliphatic rings.